The average Bonchev–Trinajstić information content (AvgIpc) is 2.94. The van der Waals surface area contributed by atoms with Crippen LogP contribution in [0.3, 0.4) is 0 Å². The number of hydrogen-bond donors (Lipinski definition) is 1. The van der Waals surface area contributed by atoms with E-state index in [1.54, 1.807) is 24.8 Å². The van der Waals surface area contributed by atoms with E-state index in [9.17, 15) is 4.79 Å². The number of hydrogen-bond acceptors (Lipinski definition) is 5. The maximum Gasteiger partial charge on any atom is 0.224 e. The standard InChI is InChI=1S/C29H29N5O/c35-29(26-12-17-34(18-13-26)21-22-5-4-14-30-19-22)33-28(27-20-31-15-16-32-27)25-10-8-24(9-11-25)23-6-2-1-3-7-23/h1-11,14-16,19-20,26,28H,12-13,17-18,21H2,(H,33,35). The number of amides is 1. The third-order valence-electron chi connectivity index (χ3n) is 6.60. The summed E-state index contributed by atoms with van der Waals surface area (Å²) in [5.41, 5.74) is 5.24. The normalized spacial score (nSPS) is 15.4. The first-order valence-corrected chi connectivity index (χ1v) is 12.1. The third kappa shape index (κ3) is 5.78. The summed E-state index contributed by atoms with van der Waals surface area (Å²) in [7, 11) is 0. The van der Waals surface area contributed by atoms with E-state index in [1.165, 1.54) is 5.56 Å². The zero-order valence-corrected chi connectivity index (χ0v) is 19.6. The number of benzene rings is 2. The summed E-state index contributed by atoms with van der Waals surface area (Å²) in [4.78, 5) is 28.7. The Labute approximate surface area is 206 Å². The summed E-state index contributed by atoms with van der Waals surface area (Å²) in [6.07, 6.45) is 10.4. The van der Waals surface area contributed by atoms with E-state index in [1.807, 2.05) is 30.5 Å². The van der Waals surface area contributed by atoms with Gasteiger partial charge in [0.15, 0.2) is 0 Å². The van der Waals surface area contributed by atoms with Crippen LogP contribution < -0.4 is 5.32 Å². The Hall–Kier alpha value is -3.90. The second-order valence-electron chi connectivity index (χ2n) is 8.97. The van der Waals surface area contributed by atoms with E-state index < -0.39 is 0 Å². The van der Waals surface area contributed by atoms with Crippen LogP contribution in [-0.2, 0) is 11.3 Å². The van der Waals surface area contributed by atoms with Crippen LogP contribution in [0.1, 0.15) is 35.7 Å². The lowest BCUT2D eigenvalue weighted by Gasteiger charge is -2.32. The molecule has 2 aromatic carbocycles. The number of piperidine rings is 1. The van der Waals surface area contributed by atoms with Crippen LogP contribution in [0, 0.1) is 5.92 Å². The summed E-state index contributed by atoms with van der Waals surface area (Å²) in [6, 6.07) is 22.3. The lowest BCUT2D eigenvalue weighted by Crippen LogP contribution is -2.41. The molecule has 35 heavy (non-hydrogen) atoms. The molecule has 3 heterocycles. The highest BCUT2D eigenvalue weighted by molar-refractivity contribution is 5.79. The maximum atomic E-state index is 13.3. The van der Waals surface area contributed by atoms with Gasteiger partial charge in [0.25, 0.3) is 0 Å². The van der Waals surface area contributed by atoms with Crippen LogP contribution in [0.2, 0.25) is 0 Å². The molecule has 1 fully saturated rings. The molecule has 1 amide bonds. The SMILES string of the molecule is O=C(NC(c1ccc(-c2ccccc2)cc1)c1cnccn1)C1CCN(Cc2cccnc2)CC1. The van der Waals surface area contributed by atoms with E-state index in [4.69, 9.17) is 0 Å². The molecule has 1 N–H and O–H groups in total. The van der Waals surface area contributed by atoms with E-state index >= 15 is 0 Å². The van der Waals surface area contributed by atoms with Crippen molar-refractivity contribution in [1.82, 2.24) is 25.2 Å². The van der Waals surface area contributed by atoms with Gasteiger partial charge in [-0.2, -0.15) is 0 Å². The molecule has 0 radical (unpaired) electrons. The molecule has 4 aromatic rings. The van der Waals surface area contributed by atoms with E-state index in [2.05, 4.69) is 67.6 Å². The molecule has 2 aromatic heterocycles. The molecule has 1 aliphatic rings. The molecule has 1 atom stereocenters. The first kappa shape index (κ1) is 22.9. The maximum absolute atomic E-state index is 13.3. The fourth-order valence-electron chi connectivity index (χ4n) is 4.65. The third-order valence-corrected chi connectivity index (χ3v) is 6.60. The zero-order chi connectivity index (χ0) is 23.9. The van der Waals surface area contributed by atoms with Crippen molar-refractivity contribution in [1.29, 1.82) is 0 Å². The Morgan fingerprint density at radius 2 is 1.60 bits per heavy atom. The van der Waals surface area contributed by atoms with Crippen molar-refractivity contribution in [3.8, 4) is 11.1 Å². The van der Waals surface area contributed by atoms with Gasteiger partial charge in [-0.25, -0.2) is 0 Å². The minimum Gasteiger partial charge on any atom is -0.343 e. The molecule has 0 bridgehead atoms. The largest absolute Gasteiger partial charge is 0.343 e. The number of nitrogens with one attached hydrogen (secondary N) is 1. The Kier molecular flexibility index (Phi) is 7.20. The first-order valence-electron chi connectivity index (χ1n) is 12.1. The molecule has 0 spiro atoms. The minimum absolute atomic E-state index is 0.0112. The molecule has 6 nitrogen and oxygen atoms in total. The predicted octanol–water partition coefficient (Wildman–Crippen LogP) is 4.66. The number of aromatic nitrogens is 3. The monoisotopic (exact) mass is 463 g/mol. The summed E-state index contributed by atoms with van der Waals surface area (Å²) in [5, 5.41) is 3.27. The second kappa shape index (κ2) is 11.0. The van der Waals surface area contributed by atoms with E-state index in [0.29, 0.717) is 0 Å². The Bertz CT molecular complexity index is 1210. The highest BCUT2D eigenvalue weighted by Gasteiger charge is 2.28. The molecular formula is C29H29N5O. The Morgan fingerprint density at radius 3 is 2.29 bits per heavy atom. The van der Waals surface area contributed by atoms with Crippen LogP contribution in [0.25, 0.3) is 11.1 Å². The van der Waals surface area contributed by atoms with Gasteiger partial charge in [0.2, 0.25) is 5.91 Å². The average molecular weight is 464 g/mol. The summed E-state index contributed by atoms with van der Waals surface area (Å²) < 4.78 is 0. The summed E-state index contributed by atoms with van der Waals surface area (Å²) in [5.74, 6) is 0.0664. The highest BCUT2D eigenvalue weighted by Crippen LogP contribution is 2.26. The van der Waals surface area contributed by atoms with Crippen molar-refractivity contribution in [2.75, 3.05) is 13.1 Å². The van der Waals surface area contributed by atoms with Crippen molar-refractivity contribution < 1.29 is 4.79 Å². The molecule has 5 rings (SSSR count). The molecule has 1 aliphatic heterocycles. The number of carbonyl (C=O) groups excluding carboxylic acids is 1. The smallest absolute Gasteiger partial charge is 0.224 e. The zero-order valence-electron chi connectivity index (χ0n) is 19.6. The van der Waals surface area contributed by atoms with Gasteiger partial charge in [-0.15, -0.1) is 0 Å². The van der Waals surface area contributed by atoms with Gasteiger partial charge in [0.1, 0.15) is 0 Å². The van der Waals surface area contributed by atoms with E-state index in [0.717, 1.165) is 54.9 Å². The second-order valence-corrected chi connectivity index (χ2v) is 8.97. The molecule has 1 unspecified atom stereocenters. The lowest BCUT2D eigenvalue weighted by atomic mass is 9.94. The van der Waals surface area contributed by atoms with E-state index in [-0.39, 0.29) is 17.9 Å². The fourth-order valence-corrected chi connectivity index (χ4v) is 4.65. The quantitative estimate of drug-likeness (QED) is 0.432. The number of likely N-dealkylation sites (tertiary alicyclic amines) is 1. The number of carbonyl (C=O) groups is 1. The molecular weight excluding hydrogens is 434 g/mol. The molecule has 0 aliphatic carbocycles. The van der Waals surface area contributed by atoms with Crippen LogP contribution in [0.4, 0.5) is 0 Å². The fraction of sp³-hybridized carbons (Fsp3) is 0.241. The molecule has 0 saturated carbocycles. The highest BCUT2D eigenvalue weighted by atomic mass is 16.2. The molecule has 1 saturated heterocycles. The van der Waals surface area contributed by atoms with Crippen molar-refractivity contribution in [2.45, 2.75) is 25.4 Å². The van der Waals surface area contributed by atoms with Crippen LogP contribution in [0.15, 0.2) is 97.7 Å². The van der Waals surface area contributed by atoms with Gasteiger partial charge in [0, 0.05) is 37.3 Å². The van der Waals surface area contributed by atoms with Gasteiger partial charge in [-0.3, -0.25) is 24.6 Å². The van der Waals surface area contributed by atoms with Crippen molar-refractivity contribution >= 4 is 5.91 Å². The molecule has 6 heteroatoms. The number of nitrogens with zero attached hydrogens (tertiary/aromatic N) is 4. The first-order chi connectivity index (χ1) is 17.3. The van der Waals surface area contributed by atoms with Crippen molar-refractivity contribution in [3.05, 3.63) is 115 Å². The van der Waals surface area contributed by atoms with Gasteiger partial charge in [-0.05, 0) is 54.3 Å². The van der Waals surface area contributed by atoms with Crippen molar-refractivity contribution in [3.63, 3.8) is 0 Å². The minimum atomic E-state index is -0.338. The Morgan fingerprint density at radius 1 is 0.857 bits per heavy atom. The van der Waals surface area contributed by atoms with Gasteiger partial charge in [0.05, 0.1) is 17.9 Å². The number of rotatable bonds is 7. The van der Waals surface area contributed by atoms with Crippen LogP contribution in [-0.4, -0.2) is 38.8 Å². The summed E-state index contributed by atoms with van der Waals surface area (Å²) in [6.45, 7) is 2.67. The van der Waals surface area contributed by atoms with Crippen molar-refractivity contribution in [2.24, 2.45) is 5.92 Å². The summed E-state index contributed by atoms with van der Waals surface area (Å²) >= 11 is 0. The van der Waals surface area contributed by atoms with Gasteiger partial charge >= 0.3 is 0 Å². The number of pyridine rings is 1. The van der Waals surface area contributed by atoms with Crippen LogP contribution >= 0.6 is 0 Å². The van der Waals surface area contributed by atoms with Crippen LogP contribution in [0.5, 0.6) is 0 Å². The van der Waals surface area contributed by atoms with Gasteiger partial charge in [-0.1, -0.05) is 60.7 Å². The predicted molar refractivity (Wildman–Crippen MR) is 136 cm³/mol. The molecule has 176 valence electrons. The Balaban J connectivity index is 1.27. The topological polar surface area (TPSA) is 71.0 Å². The van der Waals surface area contributed by atoms with Gasteiger partial charge < -0.3 is 5.32 Å². The lowest BCUT2D eigenvalue weighted by molar-refractivity contribution is -0.127.